The monoisotopic (exact) mass is 381 g/mol. The standard InChI is InChI=1S/C21H23N3O2S/c1-14(27-21-24-23-20(26-21)16-8-3-2-4-9-16)19(25)22-18-12-11-15-7-5-6-10-17(15)13-18/h5-7,10-14,16H,2-4,8-9H2,1H3,(H,22,25)/t14-/m1/s1. The molecule has 1 heterocycles. The molecule has 0 saturated heterocycles. The fourth-order valence-electron chi connectivity index (χ4n) is 3.50. The summed E-state index contributed by atoms with van der Waals surface area (Å²) in [5.41, 5.74) is 0.791. The Morgan fingerprint density at radius 1 is 1.11 bits per heavy atom. The van der Waals surface area contributed by atoms with Gasteiger partial charge in [0.1, 0.15) is 0 Å². The van der Waals surface area contributed by atoms with Gasteiger partial charge in [0.15, 0.2) is 0 Å². The number of anilines is 1. The van der Waals surface area contributed by atoms with E-state index in [-0.39, 0.29) is 11.2 Å². The van der Waals surface area contributed by atoms with Gasteiger partial charge in [-0.25, -0.2) is 0 Å². The summed E-state index contributed by atoms with van der Waals surface area (Å²) in [7, 11) is 0. The number of rotatable bonds is 5. The Labute approximate surface area is 162 Å². The Bertz CT molecular complexity index is 934. The zero-order chi connectivity index (χ0) is 18.6. The lowest BCUT2D eigenvalue weighted by Gasteiger charge is -2.17. The molecule has 27 heavy (non-hydrogen) atoms. The summed E-state index contributed by atoms with van der Waals surface area (Å²) in [6, 6.07) is 14.0. The first-order valence-electron chi connectivity index (χ1n) is 9.49. The third-order valence-electron chi connectivity index (χ3n) is 5.04. The van der Waals surface area contributed by atoms with E-state index in [1.54, 1.807) is 0 Å². The molecular weight excluding hydrogens is 358 g/mol. The number of carbonyl (C=O) groups excluding carboxylic acids is 1. The summed E-state index contributed by atoms with van der Waals surface area (Å²) < 4.78 is 5.81. The van der Waals surface area contributed by atoms with Crippen LogP contribution in [0, 0.1) is 0 Å². The van der Waals surface area contributed by atoms with Gasteiger partial charge in [0, 0.05) is 11.6 Å². The van der Waals surface area contributed by atoms with Gasteiger partial charge >= 0.3 is 0 Å². The van der Waals surface area contributed by atoms with Crippen LogP contribution in [0.1, 0.15) is 50.8 Å². The van der Waals surface area contributed by atoms with Crippen molar-refractivity contribution in [1.82, 2.24) is 10.2 Å². The molecule has 0 unspecified atom stereocenters. The fourth-order valence-corrected chi connectivity index (χ4v) is 4.19. The highest BCUT2D eigenvalue weighted by molar-refractivity contribution is 8.00. The van der Waals surface area contributed by atoms with Gasteiger partial charge in [0.05, 0.1) is 5.25 Å². The normalized spacial score (nSPS) is 16.3. The summed E-state index contributed by atoms with van der Waals surface area (Å²) in [5.74, 6) is 1.02. The molecule has 1 amide bonds. The highest BCUT2D eigenvalue weighted by atomic mass is 32.2. The van der Waals surface area contributed by atoms with E-state index in [9.17, 15) is 4.79 Å². The molecular formula is C21H23N3O2S. The largest absolute Gasteiger partial charge is 0.416 e. The first kappa shape index (κ1) is 18.0. The Balaban J connectivity index is 1.38. The molecule has 3 aromatic rings. The maximum Gasteiger partial charge on any atom is 0.277 e. The molecule has 1 aliphatic rings. The fraction of sp³-hybridized carbons (Fsp3) is 0.381. The zero-order valence-electron chi connectivity index (χ0n) is 15.4. The molecule has 1 N–H and O–H groups in total. The van der Waals surface area contributed by atoms with Gasteiger partial charge in [-0.15, -0.1) is 10.2 Å². The van der Waals surface area contributed by atoms with Crippen LogP contribution in [-0.2, 0) is 4.79 Å². The Kier molecular flexibility index (Phi) is 5.43. The summed E-state index contributed by atoms with van der Waals surface area (Å²) in [4.78, 5) is 12.5. The number of hydrogen-bond donors (Lipinski definition) is 1. The first-order chi connectivity index (χ1) is 13.2. The maximum absolute atomic E-state index is 12.5. The summed E-state index contributed by atoms with van der Waals surface area (Å²) in [6.07, 6.45) is 5.97. The van der Waals surface area contributed by atoms with E-state index in [0.29, 0.717) is 11.1 Å². The maximum atomic E-state index is 12.5. The van der Waals surface area contributed by atoms with E-state index in [4.69, 9.17) is 4.42 Å². The lowest BCUT2D eigenvalue weighted by atomic mass is 9.89. The van der Waals surface area contributed by atoms with Crippen molar-refractivity contribution in [3.8, 4) is 0 Å². The van der Waals surface area contributed by atoms with Gasteiger partial charge < -0.3 is 9.73 Å². The first-order valence-corrected chi connectivity index (χ1v) is 10.4. The minimum atomic E-state index is -0.323. The van der Waals surface area contributed by atoms with E-state index >= 15 is 0 Å². The molecule has 1 aliphatic carbocycles. The van der Waals surface area contributed by atoms with Gasteiger partial charge in [-0.05, 0) is 42.7 Å². The summed E-state index contributed by atoms with van der Waals surface area (Å²) in [5, 5.41) is 13.7. The molecule has 4 rings (SSSR count). The minimum absolute atomic E-state index is 0.0762. The summed E-state index contributed by atoms with van der Waals surface area (Å²) in [6.45, 7) is 1.85. The number of nitrogens with zero attached hydrogens (tertiary/aromatic N) is 2. The predicted octanol–water partition coefficient (Wildman–Crippen LogP) is 5.39. The van der Waals surface area contributed by atoms with E-state index in [2.05, 4.69) is 21.6 Å². The third-order valence-corrected chi connectivity index (χ3v) is 5.97. The van der Waals surface area contributed by atoms with Gasteiger partial charge in [-0.1, -0.05) is 61.4 Å². The van der Waals surface area contributed by atoms with Crippen LogP contribution in [-0.4, -0.2) is 21.4 Å². The van der Waals surface area contributed by atoms with E-state index in [1.807, 2.05) is 43.3 Å². The Hall–Kier alpha value is -2.34. The topological polar surface area (TPSA) is 68.0 Å². The van der Waals surface area contributed by atoms with Crippen molar-refractivity contribution in [3.05, 3.63) is 48.4 Å². The van der Waals surface area contributed by atoms with Gasteiger partial charge in [-0.3, -0.25) is 4.79 Å². The second kappa shape index (κ2) is 8.13. The number of carbonyl (C=O) groups is 1. The van der Waals surface area contributed by atoms with Crippen molar-refractivity contribution in [2.45, 2.75) is 55.4 Å². The number of benzene rings is 2. The number of amides is 1. The number of aromatic nitrogens is 2. The van der Waals surface area contributed by atoms with Crippen molar-refractivity contribution in [2.24, 2.45) is 0 Å². The average Bonchev–Trinajstić information content (AvgIpc) is 3.17. The third kappa shape index (κ3) is 4.33. The molecule has 6 heteroatoms. The number of hydrogen-bond acceptors (Lipinski definition) is 5. The van der Waals surface area contributed by atoms with Crippen LogP contribution < -0.4 is 5.32 Å². The lowest BCUT2D eigenvalue weighted by Crippen LogP contribution is -2.22. The molecule has 2 aromatic carbocycles. The molecule has 1 saturated carbocycles. The second-order valence-electron chi connectivity index (χ2n) is 7.05. The van der Waals surface area contributed by atoms with Gasteiger partial charge in [0.2, 0.25) is 11.8 Å². The van der Waals surface area contributed by atoms with Crippen molar-refractivity contribution in [2.75, 3.05) is 5.32 Å². The molecule has 0 aliphatic heterocycles. The summed E-state index contributed by atoms with van der Waals surface area (Å²) >= 11 is 1.31. The minimum Gasteiger partial charge on any atom is -0.416 e. The van der Waals surface area contributed by atoms with E-state index in [0.717, 1.165) is 35.2 Å². The van der Waals surface area contributed by atoms with E-state index < -0.39 is 0 Å². The molecule has 5 nitrogen and oxygen atoms in total. The van der Waals surface area contributed by atoms with E-state index in [1.165, 1.54) is 31.0 Å². The van der Waals surface area contributed by atoms with Crippen LogP contribution >= 0.6 is 11.8 Å². The van der Waals surface area contributed by atoms with Gasteiger partial charge in [0.25, 0.3) is 5.22 Å². The molecule has 1 atom stereocenters. The number of nitrogens with one attached hydrogen (secondary N) is 1. The van der Waals surface area contributed by atoms with Gasteiger partial charge in [-0.2, -0.15) is 0 Å². The van der Waals surface area contributed by atoms with Crippen molar-refractivity contribution in [1.29, 1.82) is 0 Å². The molecule has 0 radical (unpaired) electrons. The molecule has 0 bridgehead atoms. The zero-order valence-corrected chi connectivity index (χ0v) is 16.2. The second-order valence-corrected chi connectivity index (χ2v) is 8.34. The van der Waals surface area contributed by atoms with Crippen LogP contribution in [0.3, 0.4) is 0 Å². The predicted molar refractivity (Wildman–Crippen MR) is 108 cm³/mol. The van der Waals surface area contributed by atoms with Crippen LogP contribution in [0.5, 0.6) is 0 Å². The molecule has 1 fully saturated rings. The van der Waals surface area contributed by atoms with Crippen LogP contribution in [0.25, 0.3) is 10.8 Å². The highest BCUT2D eigenvalue weighted by Gasteiger charge is 2.23. The Morgan fingerprint density at radius 3 is 2.70 bits per heavy atom. The lowest BCUT2D eigenvalue weighted by molar-refractivity contribution is -0.115. The highest BCUT2D eigenvalue weighted by Crippen LogP contribution is 2.33. The quantitative estimate of drug-likeness (QED) is 0.600. The van der Waals surface area contributed by atoms with Crippen molar-refractivity contribution in [3.63, 3.8) is 0 Å². The number of thioether (sulfide) groups is 1. The molecule has 0 spiro atoms. The molecule has 1 aromatic heterocycles. The number of fused-ring (bicyclic) bond motifs is 1. The SMILES string of the molecule is C[C@@H](Sc1nnc(C2CCCCC2)o1)C(=O)Nc1ccc2ccccc2c1. The average molecular weight is 382 g/mol. The van der Waals surface area contributed by atoms with Crippen LogP contribution in [0.2, 0.25) is 0 Å². The van der Waals surface area contributed by atoms with Crippen LogP contribution in [0.15, 0.2) is 52.1 Å². The Morgan fingerprint density at radius 2 is 1.89 bits per heavy atom. The molecule has 140 valence electrons. The van der Waals surface area contributed by atoms with Crippen molar-refractivity contribution >= 4 is 34.1 Å². The van der Waals surface area contributed by atoms with Crippen molar-refractivity contribution < 1.29 is 9.21 Å². The van der Waals surface area contributed by atoms with Crippen LogP contribution in [0.4, 0.5) is 5.69 Å². The smallest absolute Gasteiger partial charge is 0.277 e.